The molecule has 2 aromatic carbocycles. The van der Waals surface area contributed by atoms with Crippen LogP contribution in [0.1, 0.15) is 56.5 Å². The molecule has 0 bridgehead atoms. The number of carbonyl (C=O) groups is 3. The number of halogens is 1. The average molecular weight is 726 g/mol. The maximum absolute atomic E-state index is 13.5. The third kappa shape index (κ3) is 10.0. The van der Waals surface area contributed by atoms with Crippen LogP contribution in [0, 0.1) is 5.82 Å². The summed E-state index contributed by atoms with van der Waals surface area (Å²) in [5.74, 6) is 0.0825. The van der Waals surface area contributed by atoms with Crippen LogP contribution >= 0.6 is 0 Å². The molecule has 0 aliphatic carbocycles. The molecule has 0 spiro atoms. The quantitative estimate of drug-likeness (QED) is 0.108. The van der Waals surface area contributed by atoms with Gasteiger partial charge in [-0.15, -0.1) is 0 Å². The topological polar surface area (TPSA) is 153 Å². The normalized spacial score (nSPS) is 14.5. The highest BCUT2D eigenvalue weighted by atomic mass is 19.1. The number of imidazole rings is 1. The first kappa shape index (κ1) is 40.1. The first-order chi connectivity index (χ1) is 25.9. The monoisotopic (exact) mass is 725 g/mol. The van der Waals surface area contributed by atoms with Crippen LogP contribution in [-0.4, -0.2) is 76.4 Å². The van der Waals surface area contributed by atoms with E-state index < -0.39 is 11.9 Å². The Morgan fingerprint density at radius 3 is 2.40 bits per heavy atom. The summed E-state index contributed by atoms with van der Waals surface area (Å²) in [4.78, 5) is 47.1. The summed E-state index contributed by atoms with van der Waals surface area (Å²) in [6.45, 7) is 10.0. The predicted molar refractivity (Wildman–Crippen MR) is 204 cm³/mol. The third-order valence-electron chi connectivity index (χ3n) is 8.23. The molecule has 5 heterocycles. The van der Waals surface area contributed by atoms with Gasteiger partial charge in [0.25, 0.3) is 5.91 Å². The zero-order chi connectivity index (χ0) is 38.3. The van der Waals surface area contributed by atoms with E-state index in [-0.39, 0.29) is 24.1 Å². The molecule has 3 aromatic heterocycles. The number of imide groups is 1. The Bertz CT molecular complexity index is 1980. The second-order valence-corrected chi connectivity index (χ2v) is 11.4. The van der Waals surface area contributed by atoms with E-state index in [4.69, 9.17) is 9.47 Å². The molecule has 1 atom stereocenters. The molecule has 2 aliphatic rings. The van der Waals surface area contributed by atoms with Crippen molar-refractivity contribution in [2.24, 2.45) is 5.73 Å². The molecule has 2 aliphatic heterocycles. The van der Waals surface area contributed by atoms with Gasteiger partial charge in [-0.2, -0.15) is 0 Å². The largest absolute Gasteiger partial charge is 0.491 e. The van der Waals surface area contributed by atoms with Gasteiger partial charge in [0.2, 0.25) is 11.8 Å². The lowest BCUT2D eigenvalue weighted by atomic mass is 10.0. The van der Waals surface area contributed by atoms with Gasteiger partial charge >= 0.3 is 0 Å². The molecule has 7 rings (SSSR count). The van der Waals surface area contributed by atoms with Crippen molar-refractivity contribution >= 4 is 29.2 Å². The van der Waals surface area contributed by atoms with Crippen molar-refractivity contribution in [1.29, 1.82) is 0 Å². The number of ether oxygens (including phenoxy) is 2. The third-order valence-corrected chi connectivity index (χ3v) is 8.23. The summed E-state index contributed by atoms with van der Waals surface area (Å²) in [6, 6.07) is 19.6. The number of rotatable bonds is 11. The molecular formula is C40H48FN7O5. The number of nitrogens with zero attached hydrogens (tertiary/aromatic N) is 4. The number of piperidine rings is 1. The summed E-state index contributed by atoms with van der Waals surface area (Å²) in [6.07, 6.45) is 5.52. The second kappa shape index (κ2) is 19.8. The number of nitrogens with one attached hydrogen (secondary N) is 2. The lowest BCUT2D eigenvalue weighted by Gasteiger charge is -2.29. The number of benzene rings is 2. The molecule has 0 saturated carbocycles. The van der Waals surface area contributed by atoms with E-state index in [1.54, 1.807) is 28.8 Å². The highest BCUT2D eigenvalue weighted by molar-refractivity contribution is 6.05. The van der Waals surface area contributed by atoms with E-state index in [9.17, 15) is 18.8 Å². The predicted octanol–water partition coefficient (Wildman–Crippen LogP) is 6.10. The Balaban J connectivity index is 0.000000996. The van der Waals surface area contributed by atoms with Gasteiger partial charge < -0.3 is 29.8 Å². The fourth-order valence-electron chi connectivity index (χ4n) is 5.86. The number of carbonyl (C=O) groups excluding carboxylic acids is 3. The summed E-state index contributed by atoms with van der Waals surface area (Å²) in [7, 11) is 1.50. The fraction of sp³-hybridized carbons (Fsp3) is 0.325. The highest BCUT2D eigenvalue weighted by Gasteiger charge is 2.39. The number of anilines is 1. The smallest absolute Gasteiger partial charge is 0.255 e. The van der Waals surface area contributed by atoms with Crippen molar-refractivity contribution in [3.63, 3.8) is 0 Å². The first-order valence-corrected chi connectivity index (χ1v) is 17.9. The SMILES string of the molecule is CC.CC.CN.O=C1CCC(N2Cc3cc(OCCOCCNc4cc(-c5ccc(-c6cn7cc(F)ccc7n6)cc5)ccn4)ccc3C2=O)C(=O)N1. The van der Waals surface area contributed by atoms with Crippen LogP contribution < -0.4 is 21.1 Å². The molecule has 12 nitrogen and oxygen atoms in total. The Morgan fingerprint density at radius 1 is 0.887 bits per heavy atom. The van der Waals surface area contributed by atoms with Gasteiger partial charge in [0.1, 0.15) is 35.7 Å². The molecular weight excluding hydrogens is 677 g/mol. The van der Waals surface area contributed by atoms with Gasteiger partial charge in [-0.05, 0) is 72.6 Å². The maximum Gasteiger partial charge on any atom is 0.255 e. The second-order valence-electron chi connectivity index (χ2n) is 11.4. The molecule has 53 heavy (non-hydrogen) atoms. The Labute approximate surface area is 309 Å². The number of pyridine rings is 2. The molecule has 1 unspecified atom stereocenters. The summed E-state index contributed by atoms with van der Waals surface area (Å²) in [5, 5.41) is 5.60. The Kier molecular flexibility index (Phi) is 15.0. The van der Waals surface area contributed by atoms with Gasteiger partial charge in [-0.3, -0.25) is 19.7 Å². The highest BCUT2D eigenvalue weighted by Crippen LogP contribution is 2.30. The van der Waals surface area contributed by atoms with Crippen LogP contribution in [0.25, 0.3) is 28.0 Å². The molecule has 13 heteroatoms. The Morgan fingerprint density at radius 2 is 1.64 bits per heavy atom. The zero-order valence-electron chi connectivity index (χ0n) is 30.9. The van der Waals surface area contributed by atoms with Gasteiger partial charge in [0.05, 0.1) is 18.9 Å². The maximum atomic E-state index is 13.5. The number of nitrogens with two attached hydrogens (primary N) is 1. The van der Waals surface area contributed by atoms with Crippen molar-refractivity contribution in [3.8, 4) is 28.1 Å². The molecule has 5 aromatic rings. The number of hydrogen-bond acceptors (Lipinski definition) is 9. The summed E-state index contributed by atoms with van der Waals surface area (Å²) < 4.78 is 26.8. The summed E-state index contributed by atoms with van der Waals surface area (Å²) >= 11 is 0. The van der Waals surface area contributed by atoms with Gasteiger partial charge in [-0.25, -0.2) is 14.4 Å². The lowest BCUT2D eigenvalue weighted by Crippen LogP contribution is -2.52. The van der Waals surface area contributed by atoms with Crippen molar-refractivity contribution in [3.05, 3.63) is 102 Å². The van der Waals surface area contributed by atoms with E-state index in [0.29, 0.717) is 56.3 Å². The molecule has 3 amide bonds. The number of aromatic nitrogens is 3. The van der Waals surface area contributed by atoms with Gasteiger partial charge in [0, 0.05) is 49.2 Å². The number of amides is 3. The first-order valence-electron chi connectivity index (χ1n) is 17.9. The van der Waals surface area contributed by atoms with Crippen molar-refractivity contribution < 1.29 is 28.2 Å². The van der Waals surface area contributed by atoms with E-state index in [1.807, 2.05) is 76.4 Å². The van der Waals surface area contributed by atoms with Crippen molar-refractivity contribution in [2.45, 2.75) is 53.1 Å². The fourth-order valence-corrected chi connectivity index (χ4v) is 5.86. The van der Waals surface area contributed by atoms with Crippen LogP contribution in [0.5, 0.6) is 5.75 Å². The number of fused-ring (bicyclic) bond motifs is 2. The van der Waals surface area contributed by atoms with Gasteiger partial charge in [-0.1, -0.05) is 52.0 Å². The molecule has 1 fully saturated rings. The van der Waals surface area contributed by atoms with Crippen LogP contribution in [0.3, 0.4) is 0 Å². The minimum Gasteiger partial charge on any atom is -0.491 e. The van der Waals surface area contributed by atoms with Crippen LogP contribution in [0.15, 0.2) is 85.3 Å². The van der Waals surface area contributed by atoms with Crippen LogP contribution in [0.2, 0.25) is 0 Å². The minimum absolute atomic E-state index is 0.214. The standard InChI is InChI=1S/C35H31FN6O5.2C2H6.CH5N/c36-26-5-9-32-39-29(21-41(32)20-26)23-3-1-22(2-4-23)24-11-12-37-31(18-24)38-13-14-46-15-16-47-27-6-7-28-25(17-27)19-42(35(28)45)30-8-10-33(43)40-34(30)44;3*1-2/h1-7,9,11-12,17-18,20-21,30H,8,10,13-16,19H2,(H,37,38)(H,40,43,44);2*1-2H3;2H2,1H3. The van der Waals surface area contributed by atoms with Crippen molar-refractivity contribution in [1.82, 2.24) is 24.6 Å². The van der Waals surface area contributed by atoms with E-state index >= 15 is 0 Å². The van der Waals surface area contributed by atoms with Crippen LogP contribution in [-0.2, 0) is 20.9 Å². The molecule has 4 N–H and O–H groups in total. The number of hydrogen-bond donors (Lipinski definition) is 3. The zero-order valence-corrected chi connectivity index (χ0v) is 30.9. The van der Waals surface area contributed by atoms with E-state index in [2.05, 4.69) is 26.3 Å². The van der Waals surface area contributed by atoms with E-state index in [1.165, 1.54) is 24.2 Å². The molecule has 0 radical (unpaired) electrons. The Hall–Kier alpha value is -5.66. The average Bonchev–Trinajstić information content (AvgIpc) is 3.77. The van der Waals surface area contributed by atoms with Crippen LogP contribution in [0.4, 0.5) is 10.2 Å². The molecule has 280 valence electrons. The minimum atomic E-state index is -0.645. The van der Waals surface area contributed by atoms with Gasteiger partial charge in [0.15, 0.2) is 0 Å². The summed E-state index contributed by atoms with van der Waals surface area (Å²) in [5.41, 5.74) is 10.3. The molecule has 1 saturated heterocycles. The lowest BCUT2D eigenvalue weighted by molar-refractivity contribution is -0.136. The van der Waals surface area contributed by atoms with Crippen molar-refractivity contribution in [2.75, 3.05) is 38.7 Å². The van der Waals surface area contributed by atoms with E-state index in [0.717, 1.165) is 33.8 Å².